The first kappa shape index (κ1) is 13.9. The molecule has 20 heavy (non-hydrogen) atoms. The smallest absolute Gasteiger partial charge is 0.411 e. The summed E-state index contributed by atoms with van der Waals surface area (Å²) in [5.41, 5.74) is 0.277. The van der Waals surface area contributed by atoms with Gasteiger partial charge in [0.2, 0.25) is 0 Å². The standard InChI is InChI=1S/C13H14N2O5/c1-3-18-12(17)14-8-5-6-10-9(7-8)11(16)20-13(15-10)19-4-2/h5-7H,3-4H2,1-2H3,(H,14,17). The van der Waals surface area contributed by atoms with Gasteiger partial charge in [0.25, 0.3) is 0 Å². The number of ether oxygens (including phenoxy) is 2. The fourth-order valence-electron chi connectivity index (χ4n) is 1.60. The number of hydrogen-bond acceptors (Lipinski definition) is 6. The molecule has 0 bridgehead atoms. The summed E-state index contributed by atoms with van der Waals surface area (Å²) in [6.45, 7) is 4.08. The molecule has 7 heteroatoms. The van der Waals surface area contributed by atoms with Crippen molar-refractivity contribution in [2.75, 3.05) is 18.5 Å². The summed E-state index contributed by atoms with van der Waals surface area (Å²) >= 11 is 0. The van der Waals surface area contributed by atoms with E-state index in [1.54, 1.807) is 26.0 Å². The zero-order valence-corrected chi connectivity index (χ0v) is 11.1. The third-order valence-corrected chi connectivity index (χ3v) is 2.40. The van der Waals surface area contributed by atoms with E-state index in [4.69, 9.17) is 13.9 Å². The van der Waals surface area contributed by atoms with E-state index in [2.05, 4.69) is 10.3 Å². The van der Waals surface area contributed by atoms with E-state index in [1.807, 2.05) is 0 Å². The zero-order chi connectivity index (χ0) is 14.5. The summed E-state index contributed by atoms with van der Waals surface area (Å²) in [6, 6.07) is 4.68. The molecule has 0 atom stereocenters. The van der Waals surface area contributed by atoms with Gasteiger partial charge in [-0.25, -0.2) is 9.59 Å². The molecule has 0 spiro atoms. The number of aromatic nitrogens is 1. The summed E-state index contributed by atoms with van der Waals surface area (Å²) < 4.78 is 14.7. The number of carbonyl (C=O) groups is 1. The fraction of sp³-hybridized carbons (Fsp3) is 0.308. The molecule has 1 N–H and O–H groups in total. The molecule has 0 aliphatic heterocycles. The molecule has 0 aliphatic carbocycles. The third kappa shape index (κ3) is 3.05. The van der Waals surface area contributed by atoms with Crippen molar-refractivity contribution in [2.45, 2.75) is 13.8 Å². The monoisotopic (exact) mass is 278 g/mol. The van der Waals surface area contributed by atoms with E-state index in [0.29, 0.717) is 17.8 Å². The Bertz CT molecular complexity index is 680. The van der Waals surface area contributed by atoms with Gasteiger partial charge in [-0.15, -0.1) is 0 Å². The predicted molar refractivity (Wildman–Crippen MR) is 72.1 cm³/mol. The van der Waals surface area contributed by atoms with E-state index in [1.165, 1.54) is 6.07 Å². The molecule has 1 amide bonds. The van der Waals surface area contributed by atoms with E-state index in [0.717, 1.165) is 0 Å². The third-order valence-electron chi connectivity index (χ3n) is 2.40. The van der Waals surface area contributed by atoms with Crippen LogP contribution in [0.5, 0.6) is 6.08 Å². The lowest BCUT2D eigenvalue weighted by atomic mass is 10.2. The molecule has 2 aromatic rings. The Morgan fingerprint density at radius 2 is 2.15 bits per heavy atom. The molecule has 1 aromatic heterocycles. The van der Waals surface area contributed by atoms with Crippen molar-refractivity contribution in [3.63, 3.8) is 0 Å². The van der Waals surface area contributed by atoms with E-state index < -0.39 is 11.7 Å². The van der Waals surface area contributed by atoms with Crippen LogP contribution in [0.3, 0.4) is 0 Å². The Kier molecular flexibility index (Phi) is 4.19. The van der Waals surface area contributed by atoms with Gasteiger partial charge in [0.05, 0.1) is 24.1 Å². The number of fused-ring (bicyclic) bond motifs is 1. The minimum absolute atomic E-state index is 0.0731. The van der Waals surface area contributed by atoms with E-state index in [-0.39, 0.29) is 18.1 Å². The largest absolute Gasteiger partial charge is 0.450 e. The summed E-state index contributed by atoms with van der Waals surface area (Å²) in [6.07, 6.45) is -0.661. The predicted octanol–water partition coefficient (Wildman–Crippen LogP) is 2.16. The molecule has 1 heterocycles. The summed E-state index contributed by atoms with van der Waals surface area (Å²) in [7, 11) is 0. The number of nitrogens with zero attached hydrogens (tertiary/aromatic N) is 1. The Balaban J connectivity index is 2.35. The lowest BCUT2D eigenvalue weighted by molar-refractivity contribution is 0.168. The van der Waals surface area contributed by atoms with Gasteiger partial charge >= 0.3 is 17.8 Å². The normalized spacial score (nSPS) is 10.3. The van der Waals surface area contributed by atoms with Gasteiger partial charge in [0.1, 0.15) is 0 Å². The average Bonchev–Trinajstić information content (AvgIpc) is 2.40. The van der Waals surface area contributed by atoms with Crippen LogP contribution in [0, 0.1) is 0 Å². The Morgan fingerprint density at radius 3 is 2.85 bits per heavy atom. The van der Waals surface area contributed by atoms with Gasteiger partial charge in [-0.2, -0.15) is 4.98 Å². The average molecular weight is 278 g/mol. The molecule has 0 saturated carbocycles. The summed E-state index contributed by atoms with van der Waals surface area (Å²) in [5, 5.41) is 2.75. The van der Waals surface area contributed by atoms with Crippen LogP contribution in [0.4, 0.5) is 10.5 Å². The number of amides is 1. The second kappa shape index (κ2) is 6.05. The van der Waals surface area contributed by atoms with Crippen LogP contribution in [0.2, 0.25) is 0 Å². The first-order chi connectivity index (χ1) is 9.63. The number of anilines is 1. The topological polar surface area (TPSA) is 90.7 Å². The molecule has 0 aliphatic rings. The number of benzene rings is 1. The van der Waals surface area contributed by atoms with Crippen molar-refractivity contribution in [2.24, 2.45) is 0 Å². The number of hydrogen-bond donors (Lipinski definition) is 1. The molecule has 2 rings (SSSR count). The maximum Gasteiger partial charge on any atom is 0.411 e. The molecule has 0 radical (unpaired) electrons. The molecule has 0 saturated heterocycles. The van der Waals surface area contributed by atoms with Gasteiger partial charge < -0.3 is 13.9 Å². The van der Waals surface area contributed by atoms with Crippen molar-refractivity contribution >= 4 is 22.7 Å². The van der Waals surface area contributed by atoms with Gasteiger partial charge in [-0.05, 0) is 32.0 Å². The SMILES string of the molecule is CCOC(=O)Nc1ccc2nc(OCC)oc(=O)c2c1. The second-order valence-corrected chi connectivity index (χ2v) is 3.78. The second-order valence-electron chi connectivity index (χ2n) is 3.78. The molecule has 106 valence electrons. The minimum Gasteiger partial charge on any atom is -0.450 e. The van der Waals surface area contributed by atoms with Gasteiger partial charge in [-0.3, -0.25) is 5.32 Å². The first-order valence-corrected chi connectivity index (χ1v) is 6.15. The van der Waals surface area contributed by atoms with Crippen LogP contribution in [0.15, 0.2) is 27.4 Å². The number of rotatable bonds is 4. The maximum atomic E-state index is 11.8. The summed E-state index contributed by atoms with van der Waals surface area (Å²) in [5.74, 6) is 0. The van der Waals surface area contributed by atoms with Gasteiger partial charge in [0.15, 0.2) is 0 Å². The molecule has 7 nitrogen and oxygen atoms in total. The van der Waals surface area contributed by atoms with Crippen LogP contribution >= 0.6 is 0 Å². The van der Waals surface area contributed by atoms with Gasteiger partial charge in [0, 0.05) is 5.69 Å². The summed E-state index contributed by atoms with van der Waals surface area (Å²) in [4.78, 5) is 27.2. The van der Waals surface area contributed by atoms with E-state index >= 15 is 0 Å². The van der Waals surface area contributed by atoms with Crippen LogP contribution in [0.1, 0.15) is 13.8 Å². The Hall–Kier alpha value is -2.57. The van der Waals surface area contributed by atoms with Crippen molar-refractivity contribution in [1.82, 2.24) is 4.98 Å². The highest BCUT2D eigenvalue weighted by Crippen LogP contribution is 2.17. The highest BCUT2D eigenvalue weighted by atomic mass is 16.6. The van der Waals surface area contributed by atoms with Crippen molar-refractivity contribution in [1.29, 1.82) is 0 Å². The van der Waals surface area contributed by atoms with Crippen molar-refractivity contribution in [3.05, 3.63) is 28.6 Å². The number of nitrogens with one attached hydrogen (secondary N) is 1. The molecular formula is C13H14N2O5. The molecule has 0 fully saturated rings. The number of carbonyl (C=O) groups excluding carboxylic acids is 1. The Morgan fingerprint density at radius 1 is 1.35 bits per heavy atom. The minimum atomic E-state index is -0.588. The molecule has 0 unspecified atom stereocenters. The lowest BCUT2D eigenvalue weighted by Gasteiger charge is -2.06. The van der Waals surface area contributed by atoms with E-state index in [9.17, 15) is 9.59 Å². The molecular weight excluding hydrogens is 264 g/mol. The highest BCUT2D eigenvalue weighted by Gasteiger charge is 2.09. The van der Waals surface area contributed by atoms with Crippen LogP contribution in [-0.4, -0.2) is 24.3 Å². The van der Waals surface area contributed by atoms with Crippen molar-refractivity contribution in [3.8, 4) is 6.08 Å². The molecule has 1 aromatic carbocycles. The van der Waals surface area contributed by atoms with Crippen LogP contribution in [0.25, 0.3) is 10.9 Å². The van der Waals surface area contributed by atoms with Crippen LogP contribution in [-0.2, 0) is 4.74 Å². The maximum absolute atomic E-state index is 11.8. The Labute approximate surface area is 114 Å². The van der Waals surface area contributed by atoms with Crippen LogP contribution < -0.4 is 15.7 Å². The highest BCUT2D eigenvalue weighted by molar-refractivity contribution is 5.89. The van der Waals surface area contributed by atoms with Crippen molar-refractivity contribution < 1.29 is 18.7 Å². The quantitative estimate of drug-likeness (QED) is 0.921. The van der Waals surface area contributed by atoms with Gasteiger partial charge in [-0.1, -0.05) is 0 Å². The lowest BCUT2D eigenvalue weighted by Crippen LogP contribution is -2.13. The first-order valence-electron chi connectivity index (χ1n) is 6.15. The zero-order valence-electron chi connectivity index (χ0n) is 11.1. The fourth-order valence-corrected chi connectivity index (χ4v) is 1.60.